The van der Waals surface area contributed by atoms with Crippen molar-refractivity contribution in [3.63, 3.8) is 0 Å². The van der Waals surface area contributed by atoms with Crippen molar-refractivity contribution in [3.8, 4) is 0 Å². The first-order valence-electron chi connectivity index (χ1n) is 10.3. The third-order valence-electron chi connectivity index (χ3n) is 6.76. The maximum Gasteiger partial charge on any atom is 0.255 e. The summed E-state index contributed by atoms with van der Waals surface area (Å²) in [6.45, 7) is 3.27. The number of benzene rings is 1. The van der Waals surface area contributed by atoms with Gasteiger partial charge in [-0.1, -0.05) is 24.6 Å². The van der Waals surface area contributed by atoms with Crippen molar-refractivity contribution in [1.82, 2.24) is 20.4 Å². The van der Waals surface area contributed by atoms with E-state index in [0.717, 1.165) is 36.3 Å². The number of nitrogens with one attached hydrogen (secondary N) is 2. The average Bonchev–Trinajstić information content (AvgIpc) is 2.89. The second-order valence-corrected chi connectivity index (χ2v) is 8.42. The van der Waals surface area contributed by atoms with Gasteiger partial charge in [-0.25, -0.2) is 0 Å². The Balaban J connectivity index is 1.39. The molecule has 148 valence electrons. The lowest BCUT2D eigenvalue weighted by atomic mass is 9.88. The Hall–Kier alpha value is -2.25. The van der Waals surface area contributed by atoms with E-state index in [2.05, 4.69) is 21.6 Å². The van der Waals surface area contributed by atoms with Gasteiger partial charge in [-0.15, -0.1) is 0 Å². The van der Waals surface area contributed by atoms with E-state index in [1.54, 1.807) is 4.90 Å². The van der Waals surface area contributed by atoms with Gasteiger partial charge in [0.1, 0.15) is 6.04 Å². The van der Waals surface area contributed by atoms with Gasteiger partial charge >= 0.3 is 0 Å². The predicted octanol–water partition coefficient (Wildman–Crippen LogP) is 0.774. The molecule has 3 fully saturated rings. The Kier molecular flexibility index (Phi) is 4.44. The van der Waals surface area contributed by atoms with Crippen LogP contribution < -0.4 is 10.6 Å². The van der Waals surface area contributed by atoms with Crippen LogP contribution in [0.5, 0.6) is 0 Å². The van der Waals surface area contributed by atoms with Crippen LogP contribution in [0.2, 0.25) is 0 Å². The number of nitrogens with zero attached hydrogens (tertiary/aromatic N) is 2. The fourth-order valence-electron chi connectivity index (χ4n) is 4.80. The van der Waals surface area contributed by atoms with Gasteiger partial charge in [0.05, 0.1) is 0 Å². The first-order chi connectivity index (χ1) is 13.6. The van der Waals surface area contributed by atoms with E-state index in [-0.39, 0.29) is 24.1 Å². The highest BCUT2D eigenvalue weighted by Gasteiger charge is 2.41. The number of hydrogen-bond acceptors (Lipinski definition) is 5. The molecule has 4 aliphatic rings. The van der Waals surface area contributed by atoms with Crippen LogP contribution in [0.1, 0.15) is 53.6 Å². The SMILES string of the molecule is O=C1CCC(N2Cc3cccc(CN(C4CCC4)C4CNC4)c3C2=O)C(=O)N1. The van der Waals surface area contributed by atoms with E-state index in [0.29, 0.717) is 25.0 Å². The number of fused-ring (bicyclic) bond motifs is 1. The van der Waals surface area contributed by atoms with Gasteiger partial charge in [-0.3, -0.25) is 24.6 Å². The summed E-state index contributed by atoms with van der Waals surface area (Å²) < 4.78 is 0. The van der Waals surface area contributed by atoms with Crippen LogP contribution in [0.25, 0.3) is 0 Å². The fourth-order valence-corrected chi connectivity index (χ4v) is 4.80. The zero-order chi connectivity index (χ0) is 19.3. The molecule has 1 aromatic rings. The third kappa shape index (κ3) is 2.93. The number of carbonyl (C=O) groups excluding carboxylic acids is 3. The van der Waals surface area contributed by atoms with Gasteiger partial charge in [0, 0.05) is 50.2 Å². The van der Waals surface area contributed by atoms with Crippen molar-refractivity contribution in [2.75, 3.05) is 13.1 Å². The van der Waals surface area contributed by atoms with E-state index < -0.39 is 6.04 Å². The quantitative estimate of drug-likeness (QED) is 0.736. The molecule has 3 amide bonds. The maximum absolute atomic E-state index is 13.3. The molecule has 3 heterocycles. The lowest BCUT2D eigenvalue weighted by Crippen LogP contribution is -2.60. The van der Waals surface area contributed by atoms with Crippen molar-refractivity contribution in [3.05, 3.63) is 34.9 Å². The largest absolute Gasteiger partial charge is 0.322 e. The number of rotatable bonds is 5. The molecule has 1 atom stereocenters. The molecule has 2 saturated heterocycles. The van der Waals surface area contributed by atoms with E-state index in [1.807, 2.05) is 12.1 Å². The van der Waals surface area contributed by atoms with Crippen LogP contribution >= 0.6 is 0 Å². The summed E-state index contributed by atoms with van der Waals surface area (Å²) >= 11 is 0. The molecule has 0 bridgehead atoms. The van der Waals surface area contributed by atoms with Crippen LogP contribution in [-0.4, -0.2) is 58.7 Å². The van der Waals surface area contributed by atoms with Gasteiger partial charge in [0.25, 0.3) is 5.91 Å². The standard InChI is InChI=1S/C21H26N4O3/c26-18-8-7-17(20(27)23-18)25-12-14-4-1-3-13(19(14)21(25)28)11-24(15-5-2-6-15)16-9-22-10-16/h1,3-4,15-17,22H,2,5-12H2,(H,23,26,27). The van der Waals surface area contributed by atoms with Gasteiger partial charge in [-0.2, -0.15) is 0 Å². The summed E-state index contributed by atoms with van der Waals surface area (Å²) in [7, 11) is 0. The normalized spacial score (nSPS) is 25.5. The molecule has 1 unspecified atom stereocenters. The second-order valence-electron chi connectivity index (χ2n) is 8.42. The number of amides is 3. The highest BCUT2D eigenvalue weighted by atomic mass is 16.2. The molecule has 1 aromatic carbocycles. The van der Waals surface area contributed by atoms with Crippen molar-refractivity contribution < 1.29 is 14.4 Å². The Morgan fingerprint density at radius 3 is 2.54 bits per heavy atom. The predicted molar refractivity (Wildman–Crippen MR) is 102 cm³/mol. The highest BCUT2D eigenvalue weighted by molar-refractivity contribution is 6.05. The minimum Gasteiger partial charge on any atom is -0.322 e. The van der Waals surface area contributed by atoms with Gasteiger partial charge < -0.3 is 10.2 Å². The Morgan fingerprint density at radius 1 is 1.07 bits per heavy atom. The minimum absolute atomic E-state index is 0.0691. The Bertz CT molecular complexity index is 817. The monoisotopic (exact) mass is 382 g/mol. The van der Waals surface area contributed by atoms with Crippen LogP contribution in [0, 0.1) is 0 Å². The number of imide groups is 1. The Labute approximate surface area is 164 Å². The van der Waals surface area contributed by atoms with E-state index in [1.165, 1.54) is 19.3 Å². The first kappa shape index (κ1) is 17.8. The smallest absolute Gasteiger partial charge is 0.255 e. The summed E-state index contributed by atoms with van der Waals surface area (Å²) in [5, 5.41) is 5.74. The summed E-state index contributed by atoms with van der Waals surface area (Å²) in [5.41, 5.74) is 2.83. The van der Waals surface area contributed by atoms with Crippen molar-refractivity contribution in [1.29, 1.82) is 0 Å². The van der Waals surface area contributed by atoms with E-state index in [4.69, 9.17) is 0 Å². The minimum atomic E-state index is -0.552. The third-order valence-corrected chi connectivity index (χ3v) is 6.76. The van der Waals surface area contributed by atoms with Crippen LogP contribution in [-0.2, 0) is 22.7 Å². The average molecular weight is 382 g/mol. The zero-order valence-corrected chi connectivity index (χ0v) is 15.9. The van der Waals surface area contributed by atoms with Gasteiger partial charge in [0.2, 0.25) is 11.8 Å². The summed E-state index contributed by atoms with van der Waals surface area (Å²) in [6, 6.07) is 6.68. The second kappa shape index (κ2) is 6.97. The number of hydrogen-bond donors (Lipinski definition) is 2. The number of piperidine rings is 1. The fraction of sp³-hybridized carbons (Fsp3) is 0.571. The molecule has 1 saturated carbocycles. The van der Waals surface area contributed by atoms with E-state index >= 15 is 0 Å². The van der Waals surface area contributed by atoms with Crippen LogP contribution in [0.15, 0.2) is 18.2 Å². The summed E-state index contributed by atoms with van der Waals surface area (Å²) in [4.78, 5) is 41.2. The maximum atomic E-state index is 13.3. The molecule has 0 aromatic heterocycles. The first-order valence-corrected chi connectivity index (χ1v) is 10.3. The molecular weight excluding hydrogens is 356 g/mol. The zero-order valence-electron chi connectivity index (χ0n) is 15.9. The molecule has 1 aliphatic carbocycles. The molecule has 3 aliphatic heterocycles. The topological polar surface area (TPSA) is 81.8 Å². The lowest BCUT2D eigenvalue weighted by Gasteiger charge is -2.46. The molecular formula is C21H26N4O3. The summed E-state index contributed by atoms with van der Waals surface area (Å²) in [5.74, 6) is -0.674. The molecule has 0 spiro atoms. The summed E-state index contributed by atoms with van der Waals surface area (Å²) in [6.07, 6.45) is 4.45. The van der Waals surface area contributed by atoms with Crippen LogP contribution in [0.4, 0.5) is 0 Å². The molecule has 7 nitrogen and oxygen atoms in total. The van der Waals surface area contributed by atoms with Crippen LogP contribution in [0.3, 0.4) is 0 Å². The lowest BCUT2D eigenvalue weighted by molar-refractivity contribution is -0.136. The van der Waals surface area contributed by atoms with Crippen molar-refractivity contribution in [2.24, 2.45) is 0 Å². The highest BCUT2D eigenvalue weighted by Crippen LogP contribution is 2.33. The van der Waals surface area contributed by atoms with Gasteiger partial charge in [-0.05, 0) is 30.4 Å². The van der Waals surface area contributed by atoms with E-state index in [9.17, 15) is 14.4 Å². The molecule has 28 heavy (non-hydrogen) atoms. The molecule has 7 heteroatoms. The Morgan fingerprint density at radius 2 is 1.89 bits per heavy atom. The number of carbonyl (C=O) groups is 3. The van der Waals surface area contributed by atoms with Gasteiger partial charge in [0.15, 0.2) is 0 Å². The van der Waals surface area contributed by atoms with Crippen molar-refractivity contribution >= 4 is 17.7 Å². The molecule has 2 N–H and O–H groups in total. The molecule has 0 radical (unpaired) electrons. The van der Waals surface area contributed by atoms with Crippen molar-refractivity contribution in [2.45, 2.75) is 63.3 Å². The molecule has 5 rings (SSSR count).